The first-order chi connectivity index (χ1) is 14.1. The number of carbonyl (C=O) groups excluding carboxylic acids is 1. The van der Waals surface area contributed by atoms with Gasteiger partial charge in [-0.05, 0) is 48.5 Å². The quantitative estimate of drug-likeness (QED) is 0.591. The summed E-state index contributed by atoms with van der Waals surface area (Å²) >= 11 is 0. The number of benzene rings is 3. The molecule has 3 aromatic carbocycles. The van der Waals surface area contributed by atoms with Crippen LogP contribution in [0.3, 0.4) is 0 Å². The first-order valence-corrected chi connectivity index (χ1v) is 9.81. The van der Waals surface area contributed by atoms with Crippen molar-refractivity contribution in [2.75, 3.05) is 14.1 Å². The molecular weight excluding hydrogens is 360 g/mol. The number of hydrogen-bond acceptors (Lipinski definition) is 3. The summed E-state index contributed by atoms with van der Waals surface area (Å²) in [7, 11) is 4.03. The third-order valence-electron chi connectivity index (χ3n) is 4.51. The molecule has 1 N–H and O–H groups in total. The summed E-state index contributed by atoms with van der Waals surface area (Å²) in [6.45, 7) is 2.43. The second-order valence-corrected chi connectivity index (χ2v) is 7.42. The maximum Gasteiger partial charge on any atom is 0.251 e. The molecule has 0 aliphatic heterocycles. The van der Waals surface area contributed by atoms with Gasteiger partial charge in [0.05, 0.1) is 13.2 Å². The predicted octanol–water partition coefficient (Wildman–Crippen LogP) is 4.40. The number of ether oxygens (including phenoxy) is 1. The molecule has 0 spiro atoms. The lowest BCUT2D eigenvalue weighted by Crippen LogP contribution is -2.23. The Morgan fingerprint density at radius 2 is 1.45 bits per heavy atom. The van der Waals surface area contributed by atoms with Gasteiger partial charge in [-0.15, -0.1) is 0 Å². The zero-order chi connectivity index (χ0) is 20.5. The van der Waals surface area contributed by atoms with E-state index in [0.29, 0.717) is 25.3 Å². The minimum absolute atomic E-state index is 0.0589. The van der Waals surface area contributed by atoms with Gasteiger partial charge in [0.15, 0.2) is 0 Å². The van der Waals surface area contributed by atoms with Gasteiger partial charge in [0.2, 0.25) is 0 Å². The predicted molar refractivity (Wildman–Crippen MR) is 116 cm³/mol. The van der Waals surface area contributed by atoms with Crippen LogP contribution in [0.25, 0.3) is 0 Å². The van der Waals surface area contributed by atoms with Gasteiger partial charge in [-0.3, -0.25) is 4.79 Å². The van der Waals surface area contributed by atoms with Crippen LogP contribution in [0.5, 0.6) is 0 Å². The molecule has 0 atom stereocenters. The van der Waals surface area contributed by atoms with E-state index in [1.807, 2.05) is 74.8 Å². The fraction of sp³-hybridized carbons (Fsp3) is 0.240. The number of rotatable bonds is 9. The summed E-state index contributed by atoms with van der Waals surface area (Å²) < 4.78 is 5.81. The van der Waals surface area contributed by atoms with Crippen molar-refractivity contribution in [3.63, 3.8) is 0 Å². The van der Waals surface area contributed by atoms with E-state index in [1.54, 1.807) is 0 Å². The molecule has 0 saturated heterocycles. The molecule has 3 aromatic rings. The van der Waals surface area contributed by atoms with Crippen LogP contribution in [0.1, 0.15) is 32.6 Å². The summed E-state index contributed by atoms with van der Waals surface area (Å²) in [5, 5.41) is 3.01. The third kappa shape index (κ3) is 6.86. The Morgan fingerprint density at radius 3 is 2.24 bits per heavy atom. The highest BCUT2D eigenvalue weighted by Crippen LogP contribution is 2.10. The number of nitrogens with one attached hydrogen (secondary N) is 1. The number of hydrogen-bond donors (Lipinski definition) is 1. The second-order valence-electron chi connectivity index (χ2n) is 7.42. The van der Waals surface area contributed by atoms with E-state index < -0.39 is 0 Å². The van der Waals surface area contributed by atoms with Gasteiger partial charge in [-0.25, -0.2) is 0 Å². The first-order valence-electron chi connectivity index (χ1n) is 9.81. The minimum atomic E-state index is -0.0589. The average molecular weight is 389 g/mol. The summed E-state index contributed by atoms with van der Waals surface area (Å²) in [4.78, 5) is 14.6. The van der Waals surface area contributed by atoms with Crippen molar-refractivity contribution >= 4 is 5.91 Å². The van der Waals surface area contributed by atoms with Crippen LogP contribution in [0, 0.1) is 0 Å². The average Bonchev–Trinajstić information content (AvgIpc) is 2.73. The Kier molecular flexibility index (Phi) is 7.56. The molecule has 0 aliphatic carbocycles. The van der Waals surface area contributed by atoms with Gasteiger partial charge in [-0.2, -0.15) is 0 Å². The Morgan fingerprint density at radius 1 is 0.793 bits per heavy atom. The Balaban J connectivity index is 1.51. The van der Waals surface area contributed by atoms with E-state index >= 15 is 0 Å². The molecule has 0 fully saturated rings. The molecule has 0 heterocycles. The molecule has 4 heteroatoms. The largest absolute Gasteiger partial charge is 0.372 e. The molecular formula is C25H28N2O2. The highest BCUT2D eigenvalue weighted by atomic mass is 16.5. The Hall–Kier alpha value is -2.95. The lowest BCUT2D eigenvalue weighted by atomic mass is 10.1. The zero-order valence-corrected chi connectivity index (χ0v) is 17.1. The van der Waals surface area contributed by atoms with Crippen molar-refractivity contribution in [2.24, 2.45) is 0 Å². The summed E-state index contributed by atoms with van der Waals surface area (Å²) in [6.07, 6.45) is 0. The van der Waals surface area contributed by atoms with E-state index in [-0.39, 0.29) is 5.91 Å². The van der Waals surface area contributed by atoms with Gasteiger partial charge >= 0.3 is 0 Å². The van der Waals surface area contributed by atoms with Crippen molar-refractivity contribution < 1.29 is 9.53 Å². The summed E-state index contributed by atoms with van der Waals surface area (Å²) in [5.74, 6) is -0.0589. The Labute approximate surface area is 173 Å². The first kappa shape index (κ1) is 20.8. The normalized spacial score (nSPS) is 10.9. The van der Waals surface area contributed by atoms with Crippen LogP contribution in [0.15, 0.2) is 78.9 Å². The molecule has 0 radical (unpaired) electrons. The van der Waals surface area contributed by atoms with Crippen LogP contribution >= 0.6 is 0 Å². The van der Waals surface area contributed by atoms with Crippen LogP contribution in [0.2, 0.25) is 0 Å². The highest BCUT2D eigenvalue weighted by molar-refractivity contribution is 5.94. The van der Waals surface area contributed by atoms with Crippen molar-refractivity contribution in [2.45, 2.75) is 26.3 Å². The number of nitrogens with zero attached hydrogens (tertiary/aromatic N) is 1. The van der Waals surface area contributed by atoms with Crippen LogP contribution < -0.4 is 5.32 Å². The maximum absolute atomic E-state index is 12.5. The SMILES string of the molecule is CN(C)Cc1cccc(C(=O)NCc2cccc(COCc3ccccc3)c2)c1. The van der Waals surface area contributed by atoms with Gasteiger partial charge in [0.1, 0.15) is 0 Å². The minimum Gasteiger partial charge on any atom is -0.372 e. The van der Waals surface area contributed by atoms with Gasteiger partial charge < -0.3 is 15.0 Å². The van der Waals surface area contributed by atoms with Crippen molar-refractivity contribution in [1.82, 2.24) is 10.2 Å². The van der Waals surface area contributed by atoms with Gasteiger partial charge in [0.25, 0.3) is 5.91 Å². The smallest absolute Gasteiger partial charge is 0.251 e. The molecule has 0 unspecified atom stereocenters. The van der Waals surface area contributed by atoms with E-state index in [0.717, 1.165) is 28.8 Å². The van der Waals surface area contributed by atoms with Crippen LogP contribution in [0.4, 0.5) is 0 Å². The number of amides is 1. The molecule has 0 saturated carbocycles. The van der Waals surface area contributed by atoms with Crippen molar-refractivity contribution in [3.05, 3.63) is 107 Å². The lowest BCUT2D eigenvalue weighted by molar-refractivity contribution is 0.0950. The van der Waals surface area contributed by atoms with E-state index in [4.69, 9.17) is 4.74 Å². The van der Waals surface area contributed by atoms with Crippen molar-refractivity contribution in [3.8, 4) is 0 Å². The maximum atomic E-state index is 12.5. The lowest BCUT2D eigenvalue weighted by Gasteiger charge is -2.11. The standard InChI is InChI=1S/C25H28N2O2/c1-27(2)17-22-11-7-13-24(15-22)25(28)26-16-21-10-6-12-23(14-21)19-29-18-20-8-4-3-5-9-20/h3-15H,16-19H2,1-2H3,(H,26,28). The summed E-state index contributed by atoms with van der Waals surface area (Å²) in [6, 6.07) is 26.0. The fourth-order valence-corrected chi connectivity index (χ4v) is 3.15. The van der Waals surface area contributed by atoms with Gasteiger partial charge in [0, 0.05) is 18.7 Å². The second kappa shape index (κ2) is 10.6. The number of carbonyl (C=O) groups is 1. The molecule has 3 rings (SSSR count). The highest BCUT2D eigenvalue weighted by Gasteiger charge is 2.07. The fourth-order valence-electron chi connectivity index (χ4n) is 3.15. The molecule has 4 nitrogen and oxygen atoms in total. The molecule has 150 valence electrons. The molecule has 0 aromatic heterocycles. The Bertz CT molecular complexity index is 923. The van der Waals surface area contributed by atoms with E-state index in [2.05, 4.69) is 28.4 Å². The monoisotopic (exact) mass is 388 g/mol. The zero-order valence-electron chi connectivity index (χ0n) is 17.1. The topological polar surface area (TPSA) is 41.6 Å². The molecule has 1 amide bonds. The van der Waals surface area contributed by atoms with Crippen LogP contribution in [-0.2, 0) is 31.0 Å². The third-order valence-corrected chi connectivity index (χ3v) is 4.51. The molecule has 29 heavy (non-hydrogen) atoms. The molecule has 0 bridgehead atoms. The van der Waals surface area contributed by atoms with Crippen LogP contribution in [-0.4, -0.2) is 24.9 Å². The van der Waals surface area contributed by atoms with Gasteiger partial charge in [-0.1, -0.05) is 66.7 Å². The molecule has 0 aliphatic rings. The van der Waals surface area contributed by atoms with Crippen molar-refractivity contribution in [1.29, 1.82) is 0 Å². The van der Waals surface area contributed by atoms with E-state index in [9.17, 15) is 4.79 Å². The van der Waals surface area contributed by atoms with E-state index in [1.165, 1.54) is 0 Å². The summed E-state index contributed by atoms with van der Waals surface area (Å²) in [5.41, 5.74) is 5.13.